The second-order valence-corrected chi connectivity index (χ2v) is 6.28. The monoisotopic (exact) mass is 397 g/mol. The minimum atomic E-state index is -0.327. The summed E-state index contributed by atoms with van der Waals surface area (Å²) in [6, 6.07) is 12.7. The molecule has 0 atom stereocenters. The van der Waals surface area contributed by atoms with E-state index in [0.29, 0.717) is 28.8 Å². The number of aliphatic hydroxyl groups is 1. The number of rotatable bonds is 10. The lowest BCUT2D eigenvalue weighted by atomic mass is 10.1. The zero-order chi connectivity index (χ0) is 18.8. The molecule has 0 aliphatic heterocycles. The van der Waals surface area contributed by atoms with E-state index in [1.54, 1.807) is 18.2 Å². The number of esters is 1. The van der Waals surface area contributed by atoms with Crippen LogP contribution in [0.2, 0.25) is 10.0 Å². The Hall–Kier alpha value is -1.79. The van der Waals surface area contributed by atoms with Gasteiger partial charge in [-0.1, -0.05) is 47.5 Å². The van der Waals surface area contributed by atoms with E-state index < -0.39 is 0 Å². The highest BCUT2D eigenvalue weighted by molar-refractivity contribution is 6.39. The fourth-order valence-electron chi connectivity index (χ4n) is 2.27. The van der Waals surface area contributed by atoms with E-state index in [1.165, 1.54) is 0 Å². The van der Waals surface area contributed by atoms with Gasteiger partial charge in [0.25, 0.3) is 0 Å². The van der Waals surface area contributed by atoms with Crippen LogP contribution < -0.4 is 5.32 Å². The smallest absolute Gasteiger partial charge is 0.310 e. The molecule has 0 aromatic heterocycles. The third-order valence-electron chi connectivity index (χ3n) is 3.51. The van der Waals surface area contributed by atoms with Crippen molar-refractivity contribution in [2.75, 3.05) is 31.7 Å². The second kappa shape index (κ2) is 11.0. The Morgan fingerprint density at radius 1 is 1.00 bits per heavy atom. The van der Waals surface area contributed by atoms with Gasteiger partial charge in [-0.2, -0.15) is 0 Å². The van der Waals surface area contributed by atoms with Gasteiger partial charge in [-0.25, -0.2) is 0 Å². The van der Waals surface area contributed by atoms with E-state index in [0.717, 1.165) is 11.3 Å². The van der Waals surface area contributed by atoms with E-state index in [2.05, 4.69) is 5.32 Å². The minimum absolute atomic E-state index is 0.0149. The highest BCUT2D eigenvalue weighted by Crippen LogP contribution is 2.33. The van der Waals surface area contributed by atoms with Crippen LogP contribution in [0, 0.1) is 0 Å². The third kappa shape index (κ3) is 6.50. The van der Waals surface area contributed by atoms with Gasteiger partial charge in [0.1, 0.15) is 0 Å². The van der Waals surface area contributed by atoms with Gasteiger partial charge < -0.3 is 19.9 Å². The summed E-state index contributed by atoms with van der Waals surface area (Å²) in [6.07, 6.45) is 0.712. The van der Waals surface area contributed by atoms with Crippen molar-refractivity contribution >= 4 is 40.5 Å². The molecule has 5 nitrogen and oxygen atoms in total. The molecule has 0 aliphatic rings. The quantitative estimate of drug-likeness (QED) is 0.463. The number of anilines is 2. The summed E-state index contributed by atoms with van der Waals surface area (Å²) in [5.74, 6) is -0.327. The number of ether oxygens (including phenoxy) is 2. The van der Waals surface area contributed by atoms with Crippen LogP contribution in [0.3, 0.4) is 0 Å². The number of halogens is 2. The van der Waals surface area contributed by atoms with Gasteiger partial charge >= 0.3 is 5.97 Å². The third-order valence-corrected chi connectivity index (χ3v) is 4.14. The molecule has 0 aliphatic carbocycles. The number of para-hydroxylation sites is 2. The zero-order valence-corrected chi connectivity index (χ0v) is 15.7. The maximum atomic E-state index is 12.1. The Kier molecular flexibility index (Phi) is 8.71. The summed E-state index contributed by atoms with van der Waals surface area (Å²) in [5, 5.41) is 12.8. The van der Waals surface area contributed by atoms with Crippen LogP contribution in [0.25, 0.3) is 0 Å². The maximum absolute atomic E-state index is 12.1. The average Bonchev–Trinajstić information content (AvgIpc) is 2.62. The second-order valence-electron chi connectivity index (χ2n) is 5.47. The van der Waals surface area contributed by atoms with Crippen molar-refractivity contribution in [2.45, 2.75) is 12.8 Å². The number of carbonyl (C=O) groups excluding carboxylic acids is 1. The predicted molar refractivity (Wildman–Crippen MR) is 103 cm³/mol. The lowest BCUT2D eigenvalue weighted by Gasteiger charge is -2.14. The SMILES string of the molecule is O=C(Cc1ccccc1Nc1c(Cl)cccc1Cl)OCCCOCCO. The first-order chi connectivity index (χ1) is 12.6. The number of carbonyl (C=O) groups is 1. The molecule has 7 heteroatoms. The predicted octanol–water partition coefficient (Wildman–Crippen LogP) is 4.22. The number of aliphatic hydroxyl groups excluding tert-OH is 1. The van der Waals surface area contributed by atoms with E-state index in [1.807, 2.05) is 24.3 Å². The molecular formula is C19H21Cl2NO4. The van der Waals surface area contributed by atoms with Crippen molar-refractivity contribution < 1.29 is 19.4 Å². The lowest BCUT2D eigenvalue weighted by Crippen LogP contribution is -2.12. The summed E-state index contributed by atoms with van der Waals surface area (Å²) in [7, 11) is 0. The summed E-state index contributed by atoms with van der Waals surface area (Å²) in [6.45, 7) is 0.990. The van der Waals surface area contributed by atoms with Crippen LogP contribution in [0.15, 0.2) is 42.5 Å². The van der Waals surface area contributed by atoms with Crippen molar-refractivity contribution in [3.05, 3.63) is 58.1 Å². The van der Waals surface area contributed by atoms with Crippen LogP contribution in [0.5, 0.6) is 0 Å². The highest BCUT2D eigenvalue weighted by atomic mass is 35.5. The van der Waals surface area contributed by atoms with Crippen LogP contribution in [-0.2, 0) is 20.7 Å². The molecule has 0 fully saturated rings. The van der Waals surface area contributed by atoms with Crippen molar-refractivity contribution in [2.24, 2.45) is 0 Å². The fourth-order valence-corrected chi connectivity index (χ4v) is 2.76. The fraction of sp³-hybridized carbons (Fsp3) is 0.316. The summed E-state index contributed by atoms with van der Waals surface area (Å²) in [4.78, 5) is 12.1. The number of hydrogen-bond donors (Lipinski definition) is 2. The normalized spacial score (nSPS) is 10.6. The Balaban J connectivity index is 1.93. The van der Waals surface area contributed by atoms with Crippen LogP contribution in [0.1, 0.15) is 12.0 Å². The first-order valence-corrected chi connectivity index (χ1v) is 9.00. The molecule has 0 saturated carbocycles. The number of hydrogen-bond acceptors (Lipinski definition) is 5. The molecule has 0 saturated heterocycles. The molecule has 2 aromatic carbocycles. The summed E-state index contributed by atoms with van der Waals surface area (Å²) >= 11 is 12.4. The van der Waals surface area contributed by atoms with Crippen molar-refractivity contribution in [1.29, 1.82) is 0 Å². The topological polar surface area (TPSA) is 67.8 Å². The van der Waals surface area contributed by atoms with E-state index >= 15 is 0 Å². The molecule has 0 spiro atoms. The molecule has 2 rings (SSSR count). The molecule has 0 bridgehead atoms. The molecule has 0 radical (unpaired) electrons. The maximum Gasteiger partial charge on any atom is 0.310 e. The van der Waals surface area contributed by atoms with E-state index in [4.69, 9.17) is 37.8 Å². The highest BCUT2D eigenvalue weighted by Gasteiger charge is 2.12. The van der Waals surface area contributed by atoms with Gasteiger partial charge in [0.05, 0.1) is 42.0 Å². The molecule has 2 N–H and O–H groups in total. The van der Waals surface area contributed by atoms with Gasteiger partial charge in [-0.15, -0.1) is 0 Å². The van der Waals surface area contributed by atoms with E-state index in [-0.39, 0.29) is 32.2 Å². The molecule has 0 unspecified atom stereocenters. The van der Waals surface area contributed by atoms with Crippen LogP contribution in [0.4, 0.5) is 11.4 Å². The van der Waals surface area contributed by atoms with Crippen molar-refractivity contribution in [3.63, 3.8) is 0 Å². The van der Waals surface area contributed by atoms with Crippen LogP contribution in [-0.4, -0.2) is 37.5 Å². The van der Waals surface area contributed by atoms with Gasteiger partial charge in [0, 0.05) is 18.7 Å². The zero-order valence-electron chi connectivity index (χ0n) is 14.2. The molecule has 0 amide bonds. The largest absolute Gasteiger partial charge is 0.465 e. The Labute approximate surface area is 162 Å². The number of nitrogens with one attached hydrogen (secondary N) is 1. The van der Waals surface area contributed by atoms with Gasteiger partial charge in [0.2, 0.25) is 0 Å². The first kappa shape index (κ1) is 20.5. The van der Waals surface area contributed by atoms with Crippen LogP contribution >= 0.6 is 23.2 Å². The minimum Gasteiger partial charge on any atom is -0.465 e. The molecule has 140 valence electrons. The Morgan fingerprint density at radius 3 is 2.46 bits per heavy atom. The Morgan fingerprint density at radius 2 is 1.73 bits per heavy atom. The number of benzene rings is 2. The first-order valence-electron chi connectivity index (χ1n) is 8.25. The van der Waals surface area contributed by atoms with Gasteiger partial charge in [-0.3, -0.25) is 4.79 Å². The van der Waals surface area contributed by atoms with Crippen molar-refractivity contribution in [3.8, 4) is 0 Å². The van der Waals surface area contributed by atoms with Gasteiger partial charge in [0.15, 0.2) is 0 Å². The van der Waals surface area contributed by atoms with E-state index in [9.17, 15) is 4.79 Å². The summed E-state index contributed by atoms with van der Waals surface area (Å²) in [5.41, 5.74) is 2.12. The Bertz CT molecular complexity index is 704. The standard InChI is InChI=1S/C19H21Cl2NO4/c20-15-6-3-7-16(21)19(15)22-17-8-2-1-5-14(17)13-18(24)26-11-4-10-25-12-9-23/h1-3,5-8,22-23H,4,9-13H2. The van der Waals surface area contributed by atoms with Gasteiger partial charge in [-0.05, 0) is 23.8 Å². The molecule has 26 heavy (non-hydrogen) atoms. The lowest BCUT2D eigenvalue weighted by molar-refractivity contribution is -0.143. The molecule has 2 aromatic rings. The van der Waals surface area contributed by atoms with Crippen molar-refractivity contribution in [1.82, 2.24) is 0 Å². The molecular weight excluding hydrogens is 377 g/mol. The summed E-state index contributed by atoms with van der Waals surface area (Å²) < 4.78 is 10.3. The average molecular weight is 398 g/mol. The molecule has 0 heterocycles.